The molecular weight excluding hydrogens is 280 g/mol. The smallest absolute Gasteiger partial charge is 0.326 e. The van der Waals surface area contributed by atoms with Crippen LogP contribution in [0.25, 0.3) is 0 Å². The van der Waals surface area contributed by atoms with E-state index in [9.17, 15) is 9.59 Å². The van der Waals surface area contributed by atoms with Gasteiger partial charge in [-0.1, -0.05) is 0 Å². The summed E-state index contributed by atoms with van der Waals surface area (Å²) < 4.78 is 5.45. The van der Waals surface area contributed by atoms with Crippen LogP contribution in [0.4, 0.5) is 4.79 Å². The first-order chi connectivity index (χ1) is 9.54. The number of urea groups is 1. The average Bonchev–Trinajstić information content (AvgIpc) is 3.22. The molecule has 2 amide bonds. The molecule has 1 aliphatic rings. The van der Waals surface area contributed by atoms with Crippen molar-refractivity contribution in [1.82, 2.24) is 10.2 Å². The number of nitrogens with one attached hydrogen (secondary N) is 1. The topological polar surface area (TPSA) is 78.9 Å². The van der Waals surface area contributed by atoms with Crippen LogP contribution in [0, 0.1) is 5.92 Å². The van der Waals surface area contributed by atoms with Crippen molar-refractivity contribution in [3.8, 4) is 0 Å². The van der Waals surface area contributed by atoms with Gasteiger partial charge in [0.15, 0.2) is 0 Å². The van der Waals surface area contributed by atoms with Gasteiger partial charge in [-0.2, -0.15) is 11.8 Å². The Labute approximate surface area is 124 Å². The molecule has 2 N–H and O–H groups in total. The van der Waals surface area contributed by atoms with Gasteiger partial charge < -0.3 is 20.1 Å². The number of likely N-dealkylation sites (N-methyl/N-ethyl adjacent to an activating group) is 1. The molecule has 7 heteroatoms. The Morgan fingerprint density at radius 1 is 1.50 bits per heavy atom. The lowest BCUT2D eigenvalue weighted by Crippen LogP contribution is -2.47. The van der Waals surface area contributed by atoms with E-state index in [-0.39, 0.29) is 6.03 Å². The molecule has 0 aromatic heterocycles. The van der Waals surface area contributed by atoms with Crippen molar-refractivity contribution in [2.24, 2.45) is 5.92 Å². The molecule has 0 unspecified atom stereocenters. The molecule has 116 valence electrons. The van der Waals surface area contributed by atoms with Gasteiger partial charge >= 0.3 is 12.0 Å². The van der Waals surface area contributed by atoms with Gasteiger partial charge in [0.25, 0.3) is 0 Å². The average molecular weight is 304 g/mol. The lowest BCUT2D eigenvalue weighted by atomic mass is 10.2. The van der Waals surface area contributed by atoms with E-state index < -0.39 is 12.0 Å². The number of carboxylic acids is 1. The maximum absolute atomic E-state index is 11.9. The Bertz CT molecular complexity index is 323. The van der Waals surface area contributed by atoms with Gasteiger partial charge in [-0.05, 0) is 37.2 Å². The third-order valence-electron chi connectivity index (χ3n) is 3.17. The van der Waals surface area contributed by atoms with E-state index >= 15 is 0 Å². The van der Waals surface area contributed by atoms with E-state index in [1.165, 1.54) is 17.7 Å². The van der Waals surface area contributed by atoms with Gasteiger partial charge in [-0.3, -0.25) is 0 Å². The number of aliphatic carboxylic acids is 1. The summed E-state index contributed by atoms with van der Waals surface area (Å²) in [6.07, 6.45) is 4.82. The Hall–Kier alpha value is -0.950. The van der Waals surface area contributed by atoms with Crippen molar-refractivity contribution >= 4 is 23.8 Å². The zero-order valence-electron chi connectivity index (χ0n) is 12.1. The lowest BCUT2D eigenvalue weighted by Gasteiger charge is -2.21. The summed E-state index contributed by atoms with van der Waals surface area (Å²) in [5.74, 6) is 0.411. The quantitative estimate of drug-likeness (QED) is 0.594. The van der Waals surface area contributed by atoms with E-state index in [1.807, 2.05) is 6.26 Å². The number of thioether (sulfide) groups is 1. The number of hydrogen-bond donors (Lipinski definition) is 2. The first kappa shape index (κ1) is 17.1. The number of amides is 2. The Kier molecular flexibility index (Phi) is 7.76. The first-order valence-electron chi connectivity index (χ1n) is 6.85. The molecule has 1 rings (SSSR count). The maximum atomic E-state index is 11.9. The summed E-state index contributed by atoms with van der Waals surface area (Å²) >= 11 is 1.56. The van der Waals surface area contributed by atoms with Crippen LogP contribution < -0.4 is 5.32 Å². The van der Waals surface area contributed by atoms with E-state index in [4.69, 9.17) is 9.84 Å². The minimum absolute atomic E-state index is 0.367. The molecule has 0 saturated heterocycles. The summed E-state index contributed by atoms with van der Waals surface area (Å²) in [5, 5.41) is 11.6. The monoisotopic (exact) mass is 304 g/mol. The second kappa shape index (κ2) is 9.07. The van der Waals surface area contributed by atoms with Crippen LogP contribution in [-0.2, 0) is 9.53 Å². The fourth-order valence-corrected chi connectivity index (χ4v) is 2.06. The number of hydrogen-bond acceptors (Lipinski definition) is 4. The molecule has 0 spiro atoms. The van der Waals surface area contributed by atoms with Crippen molar-refractivity contribution in [1.29, 1.82) is 0 Å². The third kappa shape index (κ3) is 7.00. The van der Waals surface area contributed by atoms with Crippen LogP contribution in [0.1, 0.15) is 19.3 Å². The molecule has 1 fully saturated rings. The lowest BCUT2D eigenvalue weighted by molar-refractivity contribution is -0.139. The number of rotatable bonds is 10. The molecule has 1 aliphatic carbocycles. The van der Waals surface area contributed by atoms with Crippen LogP contribution in [0.2, 0.25) is 0 Å². The summed E-state index contributed by atoms with van der Waals surface area (Å²) in [5.41, 5.74) is 0. The molecule has 0 aliphatic heterocycles. The van der Waals surface area contributed by atoms with Crippen molar-refractivity contribution in [2.75, 3.05) is 38.8 Å². The molecule has 1 atom stereocenters. The highest BCUT2D eigenvalue weighted by Gasteiger charge is 2.22. The Morgan fingerprint density at radius 3 is 2.75 bits per heavy atom. The summed E-state index contributed by atoms with van der Waals surface area (Å²) in [4.78, 5) is 24.3. The third-order valence-corrected chi connectivity index (χ3v) is 3.82. The highest BCUT2D eigenvalue weighted by molar-refractivity contribution is 7.98. The number of nitrogens with zero attached hydrogens (tertiary/aromatic N) is 1. The molecule has 6 nitrogen and oxygen atoms in total. The minimum atomic E-state index is -0.995. The Balaban J connectivity index is 2.20. The standard InChI is InChI=1S/C13H24N2O4S/c1-15(6-7-19-9-10-3-4-10)13(18)14-11(12(16)17)5-8-20-2/h10-11H,3-9H2,1-2H3,(H,14,18)(H,16,17)/t11-/m1/s1. The number of ether oxygens (including phenoxy) is 1. The zero-order valence-corrected chi connectivity index (χ0v) is 12.9. The largest absolute Gasteiger partial charge is 0.480 e. The molecular formula is C13H24N2O4S. The minimum Gasteiger partial charge on any atom is -0.480 e. The molecule has 20 heavy (non-hydrogen) atoms. The van der Waals surface area contributed by atoms with Crippen LogP contribution in [0.5, 0.6) is 0 Å². The van der Waals surface area contributed by atoms with Gasteiger partial charge in [-0.15, -0.1) is 0 Å². The molecule has 0 aromatic rings. The van der Waals surface area contributed by atoms with Crippen molar-refractivity contribution in [2.45, 2.75) is 25.3 Å². The summed E-state index contributed by atoms with van der Waals surface area (Å²) in [7, 11) is 1.64. The van der Waals surface area contributed by atoms with Gasteiger partial charge in [0.1, 0.15) is 6.04 Å². The van der Waals surface area contributed by atoms with Gasteiger partial charge in [0.05, 0.1) is 6.61 Å². The Morgan fingerprint density at radius 2 is 2.20 bits per heavy atom. The summed E-state index contributed by atoms with van der Waals surface area (Å²) in [6, 6.07) is -1.20. The van der Waals surface area contributed by atoms with Gasteiger partial charge in [0, 0.05) is 20.2 Å². The van der Waals surface area contributed by atoms with Crippen LogP contribution >= 0.6 is 11.8 Å². The van der Waals surface area contributed by atoms with Crippen LogP contribution in [0.15, 0.2) is 0 Å². The van der Waals surface area contributed by atoms with E-state index in [1.54, 1.807) is 18.8 Å². The predicted octanol–water partition coefficient (Wildman–Crippen LogP) is 1.26. The maximum Gasteiger partial charge on any atom is 0.326 e. The van der Waals surface area contributed by atoms with Gasteiger partial charge in [0.2, 0.25) is 0 Å². The zero-order chi connectivity index (χ0) is 15.0. The predicted molar refractivity (Wildman–Crippen MR) is 79.1 cm³/mol. The van der Waals surface area contributed by atoms with Crippen LogP contribution in [0.3, 0.4) is 0 Å². The summed E-state index contributed by atoms with van der Waals surface area (Å²) in [6.45, 7) is 1.72. The molecule has 0 heterocycles. The number of carboxylic acid groups (broad SMARTS) is 1. The van der Waals surface area contributed by atoms with Crippen molar-refractivity contribution in [3.63, 3.8) is 0 Å². The van der Waals surface area contributed by atoms with Crippen molar-refractivity contribution in [3.05, 3.63) is 0 Å². The van der Waals surface area contributed by atoms with Gasteiger partial charge in [-0.25, -0.2) is 9.59 Å². The highest BCUT2D eigenvalue weighted by Crippen LogP contribution is 2.28. The fourth-order valence-electron chi connectivity index (χ4n) is 1.59. The normalized spacial score (nSPS) is 15.7. The second-order valence-corrected chi connectivity index (χ2v) is 6.05. The number of carbonyl (C=O) groups excluding carboxylic acids is 1. The highest BCUT2D eigenvalue weighted by atomic mass is 32.2. The molecule has 0 bridgehead atoms. The second-order valence-electron chi connectivity index (χ2n) is 5.06. The SMILES string of the molecule is CSCC[C@@H](NC(=O)N(C)CCOCC1CC1)C(=O)O. The first-order valence-corrected chi connectivity index (χ1v) is 8.25. The molecule has 0 radical (unpaired) electrons. The number of carbonyl (C=O) groups is 2. The molecule has 1 saturated carbocycles. The van der Waals surface area contributed by atoms with Crippen molar-refractivity contribution < 1.29 is 19.4 Å². The van der Waals surface area contributed by atoms with Crippen LogP contribution in [-0.4, -0.2) is 66.9 Å². The van der Waals surface area contributed by atoms with E-state index in [0.717, 1.165) is 6.61 Å². The molecule has 0 aromatic carbocycles. The van der Waals surface area contributed by atoms with E-state index in [0.29, 0.717) is 31.2 Å². The fraction of sp³-hybridized carbons (Fsp3) is 0.846. The van der Waals surface area contributed by atoms with E-state index in [2.05, 4.69) is 5.32 Å².